The van der Waals surface area contributed by atoms with Crippen LogP contribution < -0.4 is 4.84 Å². The standard InChI is InChI=1S/C17H22N2O10S2/c1-27-19-7-9(10-4-2-3-5-11(10)19)6-13(18-29-31(24,25)26)30-17-16(23)15(22)14(21)12(8-20)28-17/h2-5,7,12,14-17,20-23H,6,8H2,1H3,(H,24,25,26)/b18-13-/t12-,14+,15+,16-,17?/m1/s1. The van der Waals surface area contributed by atoms with Gasteiger partial charge in [0.15, 0.2) is 0 Å². The molecule has 2 aromatic rings. The van der Waals surface area contributed by atoms with Crippen molar-refractivity contribution in [2.45, 2.75) is 36.3 Å². The Morgan fingerprint density at radius 2 is 1.94 bits per heavy atom. The van der Waals surface area contributed by atoms with Gasteiger partial charge in [0.25, 0.3) is 0 Å². The average molecular weight is 479 g/mol. The summed E-state index contributed by atoms with van der Waals surface area (Å²) in [6.45, 7) is -0.628. The van der Waals surface area contributed by atoms with Crippen LogP contribution in [0.25, 0.3) is 10.9 Å². The van der Waals surface area contributed by atoms with E-state index in [1.54, 1.807) is 30.5 Å². The fourth-order valence-electron chi connectivity index (χ4n) is 3.16. The fourth-order valence-corrected chi connectivity index (χ4v) is 4.47. The summed E-state index contributed by atoms with van der Waals surface area (Å²) in [5, 5.41) is 43.7. The first-order chi connectivity index (χ1) is 14.6. The second-order valence-electron chi connectivity index (χ2n) is 6.66. The molecule has 12 nitrogen and oxygen atoms in total. The molecule has 172 valence electrons. The average Bonchev–Trinajstić information content (AvgIpc) is 3.09. The lowest BCUT2D eigenvalue weighted by Crippen LogP contribution is -2.57. The highest BCUT2D eigenvalue weighted by Gasteiger charge is 2.44. The lowest BCUT2D eigenvalue weighted by molar-refractivity contribution is -0.205. The van der Waals surface area contributed by atoms with E-state index < -0.39 is 46.9 Å². The van der Waals surface area contributed by atoms with Crippen molar-refractivity contribution >= 4 is 38.1 Å². The SMILES string of the molecule is COn1cc(C/C(=N/OS(=O)(=O)O)SC2O[C@H](CO)[C@H](O)[C@H](O)[C@H]2O)c2ccccc21. The van der Waals surface area contributed by atoms with Gasteiger partial charge in [0.05, 0.1) is 12.1 Å². The minimum atomic E-state index is -4.91. The number of aliphatic hydroxyl groups excluding tert-OH is 4. The highest BCUT2D eigenvalue weighted by molar-refractivity contribution is 8.14. The van der Waals surface area contributed by atoms with E-state index >= 15 is 0 Å². The summed E-state index contributed by atoms with van der Waals surface area (Å²) in [6.07, 6.45) is -4.30. The number of ether oxygens (including phenoxy) is 1. The summed E-state index contributed by atoms with van der Waals surface area (Å²) in [4.78, 5) is 5.27. The van der Waals surface area contributed by atoms with Crippen LogP contribution in [0.15, 0.2) is 35.6 Å². The molecule has 0 amide bonds. The highest BCUT2D eigenvalue weighted by Crippen LogP contribution is 2.31. The largest absolute Gasteiger partial charge is 0.466 e. The van der Waals surface area contributed by atoms with Crippen molar-refractivity contribution in [1.82, 2.24) is 4.73 Å². The molecule has 2 heterocycles. The minimum absolute atomic E-state index is 0.0217. The van der Waals surface area contributed by atoms with Gasteiger partial charge in [-0.05, 0) is 11.6 Å². The van der Waals surface area contributed by atoms with Crippen molar-refractivity contribution in [2.75, 3.05) is 13.7 Å². The van der Waals surface area contributed by atoms with Crippen molar-refractivity contribution in [3.05, 3.63) is 36.0 Å². The number of oxime groups is 1. The predicted octanol–water partition coefficient (Wildman–Crippen LogP) is -1.09. The Morgan fingerprint density at radius 1 is 1.23 bits per heavy atom. The van der Waals surface area contributed by atoms with Gasteiger partial charge in [-0.15, -0.1) is 0 Å². The van der Waals surface area contributed by atoms with Crippen molar-refractivity contribution in [3.63, 3.8) is 0 Å². The summed E-state index contributed by atoms with van der Waals surface area (Å²) in [5.41, 5.74) is 0.148. The number of aromatic nitrogens is 1. The molecule has 0 aliphatic carbocycles. The summed E-state index contributed by atoms with van der Waals surface area (Å²) in [6, 6.07) is 7.21. The monoisotopic (exact) mass is 478 g/mol. The molecule has 1 aliphatic heterocycles. The maximum absolute atomic E-state index is 11.0. The molecule has 0 bridgehead atoms. The van der Waals surface area contributed by atoms with Gasteiger partial charge in [-0.2, -0.15) is 13.1 Å². The smallest absolute Gasteiger partial charge is 0.417 e. The van der Waals surface area contributed by atoms with Gasteiger partial charge >= 0.3 is 10.4 Å². The molecule has 5 N–H and O–H groups in total. The molecule has 0 radical (unpaired) electrons. The van der Waals surface area contributed by atoms with Gasteiger partial charge in [0.1, 0.15) is 42.0 Å². The molecule has 31 heavy (non-hydrogen) atoms. The summed E-state index contributed by atoms with van der Waals surface area (Å²) in [5.74, 6) is 0. The number of hydrogen-bond donors (Lipinski definition) is 5. The highest BCUT2D eigenvalue weighted by atomic mass is 32.3. The molecule has 1 aromatic carbocycles. The maximum atomic E-state index is 11.0. The van der Waals surface area contributed by atoms with E-state index in [1.807, 2.05) is 0 Å². The van der Waals surface area contributed by atoms with E-state index in [2.05, 4.69) is 9.44 Å². The maximum Gasteiger partial charge on any atom is 0.466 e. The zero-order chi connectivity index (χ0) is 22.8. The van der Waals surface area contributed by atoms with Crippen molar-refractivity contribution < 1.29 is 47.3 Å². The van der Waals surface area contributed by atoms with Crippen LogP contribution in [0.5, 0.6) is 0 Å². The van der Waals surface area contributed by atoms with Gasteiger partial charge < -0.3 is 30.0 Å². The number of benzene rings is 1. The number of aliphatic hydroxyl groups is 4. The molecule has 1 fully saturated rings. The number of hydrogen-bond acceptors (Lipinski definition) is 11. The van der Waals surface area contributed by atoms with Crippen LogP contribution in [0.3, 0.4) is 0 Å². The first-order valence-corrected chi connectivity index (χ1v) is 11.2. The zero-order valence-corrected chi connectivity index (χ0v) is 17.8. The van der Waals surface area contributed by atoms with Crippen LogP contribution in [0.1, 0.15) is 5.56 Å². The number of thioether (sulfide) groups is 1. The van der Waals surface area contributed by atoms with Crippen molar-refractivity contribution in [3.8, 4) is 0 Å². The van der Waals surface area contributed by atoms with Gasteiger partial charge in [-0.1, -0.05) is 35.1 Å². The molecule has 14 heteroatoms. The third-order valence-corrected chi connectivity index (χ3v) is 6.01. The molecule has 1 unspecified atom stereocenters. The number of fused-ring (bicyclic) bond motifs is 1. The Morgan fingerprint density at radius 3 is 2.58 bits per heavy atom. The first kappa shape index (κ1) is 23.7. The van der Waals surface area contributed by atoms with E-state index in [4.69, 9.17) is 14.1 Å². The molecule has 1 saturated heterocycles. The Kier molecular flexibility index (Phi) is 7.43. The summed E-state index contributed by atoms with van der Waals surface area (Å²) in [7, 11) is -3.44. The lowest BCUT2D eigenvalue weighted by Gasteiger charge is -2.39. The number of para-hydroxylation sites is 1. The molecular weight excluding hydrogens is 456 g/mol. The summed E-state index contributed by atoms with van der Waals surface area (Å²) < 4.78 is 42.0. The van der Waals surface area contributed by atoms with Crippen molar-refractivity contribution in [1.29, 1.82) is 0 Å². The van der Waals surface area contributed by atoms with Crippen LogP contribution in [0.4, 0.5) is 0 Å². The fraction of sp³-hybridized carbons (Fsp3) is 0.471. The second kappa shape index (κ2) is 9.70. The normalized spacial score (nSPS) is 27.4. The van der Waals surface area contributed by atoms with E-state index in [-0.39, 0.29) is 11.5 Å². The molecule has 5 atom stereocenters. The molecular formula is C17H22N2O10S2. The molecule has 1 aromatic heterocycles. The van der Waals surface area contributed by atoms with Crippen LogP contribution in [0.2, 0.25) is 0 Å². The first-order valence-electron chi connectivity index (χ1n) is 8.98. The predicted molar refractivity (Wildman–Crippen MR) is 110 cm³/mol. The molecule has 0 saturated carbocycles. The second-order valence-corrected chi connectivity index (χ2v) is 8.84. The van der Waals surface area contributed by atoms with E-state index in [0.717, 1.165) is 10.9 Å². The van der Waals surface area contributed by atoms with Gasteiger partial charge in [0, 0.05) is 18.0 Å². The topological polar surface area (TPSA) is 180 Å². The van der Waals surface area contributed by atoms with Crippen LogP contribution in [-0.2, 0) is 25.8 Å². The zero-order valence-electron chi connectivity index (χ0n) is 16.2. The van der Waals surface area contributed by atoms with Gasteiger partial charge in [-0.25, -0.2) is 4.28 Å². The van der Waals surface area contributed by atoms with Crippen LogP contribution in [-0.4, -0.2) is 86.7 Å². The number of rotatable bonds is 7. The van der Waals surface area contributed by atoms with Crippen LogP contribution in [0, 0.1) is 0 Å². The minimum Gasteiger partial charge on any atom is -0.417 e. The number of nitrogens with zero attached hydrogens (tertiary/aromatic N) is 2. The Balaban J connectivity index is 1.91. The van der Waals surface area contributed by atoms with Gasteiger partial charge in [0.2, 0.25) is 0 Å². The quantitative estimate of drug-likeness (QED) is 0.141. The Bertz CT molecular complexity index is 1040. The lowest BCUT2D eigenvalue weighted by atomic mass is 10.0. The van der Waals surface area contributed by atoms with Crippen LogP contribution >= 0.6 is 11.8 Å². The van der Waals surface area contributed by atoms with E-state index in [1.165, 1.54) is 11.8 Å². The van der Waals surface area contributed by atoms with Crippen molar-refractivity contribution in [2.24, 2.45) is 5.16 Å². The third kappa shape index (κ3) is 5.48. The van der Waals surface area contributed by atoms with E-state index in [9.17, 15) is 28.8 Å². The molecule has 1 aliphatic rings. The summed E-state index contributed by atoms with van der Waals surface area (Å²) >= 11 is 0.705. The Hall–Kier alpha value is -1.91. The van der Waals surface area contributed by atoms with E-state index in [0.29, 0.717) is 17.3 Å². The molecule has 0 spiro atoms. The molecule has 3 rings (SSSR count). The van der Waals surface area contributed by atoms with Gasteiger partial charge in [-0.3, -0.25) is 4.55 Å². The Labute approximate surface area is 181 Å². The third-order valence-electron chi connectivity index (χ3n) is 4.63.